The van der Waals surface area contributed by atoms with Gasteiger partial charge in [-0.05, 0) is 24.6 Å². The first kappa shape index (κ1) is 17.4. The molecule has 1 rings (SSSR count). The van der Waals surface area contributed by atoms with E-state index in [0.29, 0.717) is 13.1 Å². The molecule has 0 radical (unpaired) electrons. The Balaban J connectivity index is 2.65. The van der Waals surface area contributed by atoms with Gasteiger partial charge in [-0.15, -0.1) is 0 Å². The molecule has 0 saturated heterocycles. The summed E-state index contributed by atoms with van der Waals surface area (Å²) in [5, 5.41) is 22.3. The summed E-state index contributed by atoms with van der Waals surface area (Å²) in [7, 11) is 0. The van der Waals surface area contributed by atoms with Crippen LogP contribution in [0.3, 0.4) is 0 Å². The van der Waals surface area contributed by atoms with Crippen LogP contribution in [0.25, 0.3) is 0 Å². The van der Waals surface area contributed by atoms with Gasteiger partial charge in [0, 0.05) is 30.7 Å². The summed E-state index contributed by atoms with van der Waals surface area (Å²) in [6.07, 6.45) is 0.886. The predicted octanol–water partition coefficient (Wildman–Crippen LogP) is 1.67. The van der Waals surface area contributed by atoms with Gasteiger partial charge >= 0.3 is 0 Å². The molecule has 0 aliphatic carbocycles. The van der Waals surface area contributed by atoms with Crippen LogP contribution >= 0.6 is 11.6 Å². The van der Waals surface area contributed by atoms with Crippen LogP contribution in [-0.4, -0.2) is 54.5 Å². The molecule has 0 aromatic heterocycles. The Labute approximate surface area is 126 Å². The number of rotatable bonds is 10. The molecule has 1 atom stereocenters. The van der Waals surface area contributed by atoms with Gasteiger partial charge in [0.1, 0.15) is 0 Å². The van der Waals surface area contributed by atoms with Crippen LogP contribution in [0.5, 0.6) is 0 Å². The molecule has 0 aliphatic rings. The molecule has 1 unspecified atom stereocenters. The number of aliphatic hydroxyl groups is 2. The molecule has 4 nitrogen and oxygen atoms in total. The van der Waals surface area contributed by atoms with E-state index >= 15 is 0 Å². The van der Waals surface area contributed by atoms with Gasteiger partial charge in [-0.3, -0.25) is 4.90 Å². The molecule has 3 N–H and O–H groups in total. The van der Waals surface area contributed by atoms with Gasteiger partial charge in [-0.2, -0.15) is 0 Å². The monoisotopic (exact) mass is 300 g/mol. The molecule has 0 amide bonds. The fourth-order valence-corrected chi connectivity index (χ4v) is 2.57. The Morgan fingerprint density at radius 3 is 2.35 bits per heavy atom. The number of nitrogens with one attached hydrogen (secondary N) is 1. The zero-order chi connectivity index (χ0) is 14.8. The van der Waals surface area contributed by atoms with Crippen molar-refractivity contribution in [3.05, 3.63) is 34.9 Å². The minimum atomic E-state index is 0.109. The van der Waals surface area contributed by atoms with Crippen molar-refractivity contribution in [3.63, 3.8) is 0 Å². The Hall–Kier alpha value is -0.650. The Bertz CT molecular complexity index is 371. The summed E-state index contributed by atoms with van der Waals surface area (Å²) in [6, 6.07) is 8.05. The smallest absolute Gasteiger partial charge is 0.0558 e. The van der Waals surface area contributed by atoms with Crippen LogP contribution in [-0.2, 0) is 0 Å². The van der Waals surface area contributed by atoms with E-state index in [1.165, 1.54) is 0 Å². The fourth-order valence-electron chi connectivity index (χ4n) is 2.30. The number of hydrogen-bond donors (Lipinski definition) is 3. The third-order valence-corrected chi connectivity index (χ3v) is 3.64. The van der Waals surface area contributed by atoms with Gasteiger partial charge < -0.3 is 15.5 Å². The summed E-state index contributed by atoms with van der Waals surface area (Å²) in [4.78, 5) is 2.06. The topological polar surface area (TPSA) is 55.7 Å². The van der Waals surface area contributed by atoms with Crippen molar-refractivity contribution in [1.82, 2.24) is 10.2 Å². The first-order chi connectivity index (χ1) is 9.72. The summed E-state index contributed by atoms with van der Waals surface area (Å²) in [6.45, 7) is 5.14. The zero-order valence-electron chi connectivity index (χ0n) is 12.1. The molecule has 1 aromatic rings. The van der Waals surface area contributed by atoms with Crippen LogP contribution in [0.4, 0.5) is 0 Å². The molecule has 5 heteroatoms. The summed E-state index contributed by atoms with van der Waals surface area (Å²) in [5.74, 6) is 0. The van der Waals surface area contributed by atoms with Gasteiger partial charge in [-0.25, -0.2) is 0 Å². The Morgan fingerprint density at radius 1 is 1.15 bits per heavy atom. The van der Waals surface area contributed by atoms with Gasteiger partial charge in [0.25, 0.3) is 0 Å². The molecule has 0 spiro atoms. The second-order valence-corrected chi connectivity index (χ2v) is 5.12. The van der Waals surface area contributed by atoms with E-state index in [0.717, 1.165) is 30.1 Å². The highest BCUT2D eigenvalue weighted by Gasteiger charge is 2.15. The van der Waals surface area contributed by atoms with Crippen molar-refractivity contribution in [2.45, 2.75) is 19.4 Å². The molecule has 1 aromatic carbocycles. The highest BCUT2D eigenvalue weighted by molar-refractivity contribution is 6.31. The van der Waals surface area contributed by atoms with Crippen molar-refractivity contribution in [1.29, 1.82) is 0 Å². The first-order valence-electron chi connectivity index (χ1n) is 7.14. The molecule has 114 valence electrons. The number of aliphatic hydroxyl groups excluding tert-OH is 2. The maximum atomic E-state index is 9.03. The summed E-state index contributed by atoms with van der Waals surface area (Å²) in [5.41, 5.74) is 1.10. The second-order valence-electron chi connectivity index (χ2n) is 4.71. The lowest BCUT2D eigenvalue weighted by molar-refractivity contribution is 0.156. The third kappa shape index (κ3) is 5.77. The summed E-state index contributed by atoms with van der Waals surface area (Å²) < 4.78 is 0. The largest absolute Gasteiger partial charge is 0.395 e. The average molecular weight is 301 g/mol. The molecular weight excluding hydrogens is 276 g/mol. The van der Waals surface area contributed by atoms with Crippen molar-refractivity contribution in [3.8, 4) is 0 Å². The van der Waals surface area contributed by atoms with E-state index in [4.69, 9.17) is 21.8 Å². The van der Waals surface area contributed by atoms with Crippen molar-refractivity contribution in [2.75, 3.05) is 39.4 Å². The SMILES string of the molecule is CCNC(CCN(CCO)CCO)c1ccccc1Cl. The normalized spacial score (nSPS) is 12.8. The molecule has 0 fully saturated rings. The molecule has 0 saturated carbocycles. The maximum absolute atomic E-state index is 9.03. The van der Waals surface area contributed by atoms with Crippen LogP contribution in [0, 0.1) is 0 Å². The van der Waals surface area contributed by atoms with Crippen LogP contribution in [0.2, 0.25) is 5.02 Å². The fraction of sp³-hybridized carbons (Fsp3) is 0.600. The lowest BCUT2D eigenvalue weighted by Gasteiger charge is -2.25. The van der Waals surface area contributed by atoms with Crippen molar-refractivity contribution >= 4 is 11.6 Å². The molecule has 0 aliphatic heterocycles. The highest BCUT2D eigenvalue weighted by atomic mass is 35.5. The molecule has 20 heavy (non-hydrogen) atoms. The maximum Gasteiger partial charge on any atom is 0.0558 e. The van der Waals surface area contributed by atoms with Gasteiger partial charge in [0.2, 0.25) is 0 Å². The van der Waals surface area contributed by atoms with E-state index < -0.39 is 0 Å². The number of benzene rings is 1. The lowest BCUT2D eigenvalue weighted by atomic mass is 10.0. The van der Waals surface area contributed by atoms with E-state index in [2.05, 4.69) is 17.1 Å². The van der Waals surface area contributed by atoms with E-state index in [1.807, 2.05) is 24.3 Å². The van der Waals surface area contributed by atoms with Gasteiger partial charge in [0.05, 0.1) is 13.2 Å². The summed E-state index contributed by atoms with van der Waals surface area (Å²) >= 11 is 6.26. The second kappa shape index (κ2) is 10.1. The zero-order valence-corrected chi connectivity index (χ0v) is 12.8. The van der Waals surface area contributed by atoms with E-state index in [1.54, 1.807) is 0 Å². The number of nitrogens with zero attached hydrogens (tertiary/aromatic N) is 1. The minimum absolute atomic E-state index is 0.109. The molecule has 0 bridgehead atoms. The van der Waals surface area contributed by atoms with Crippen LogP contribution < -0.4 is 5.32 Å². The van der Waals surface area contributed by atoms with E-state index in [-0.39, 0.29) is 19.3 Å². The number of halogens is 1. The first-order valence-corrected chi connectivity index (χ1v) is 7.52. The van der Waals surface area contributed by atoms with Crippen molar-refractivity contribution in [2.24, 2.45) is 0 Å². The van der Waals surface area contributed by atoms with Crippen molar-refractivity contribution < 1.29 is 10.2 Å². The molecular formula is C15H25ClN2O2. The van der Waals surface area contributed by atoms with Gasteiger partial charge in [0.15, 0.2) is 0 Å². The van der Waals surface area contributed by atoms with Crippen LogP contribution in [0.1, 0.15) is 24.9 Å². The quantitative estimate of drug-likeness (QED) is 0.615. The Kier molecular flexibility index (Phi) is 8.82. The Morgan fingerprint density at radius 2 is 1.80 bits per heavy atom. The van der Waals surface area contributed by atoms with E-state index in [9.17, 15) is 0 Å². The standard InChI is InChI=1S/C15H25ClN2O2/c1-2-17-15(13-5-3-4-6-14(13)16)7-8-18(9-11-19)10-12-20/h3-6,15,17,19-20H,2,7-12H2,1H3. The predicted molar refractivity (Wildman–Crippen MR) is 83.1 cm³/mol. The average Bonchev–Trinajstić information content (AvgIpc) is 2.44. The number of hydrogen-bond acceptors (Lipinski definition) is 4. The minimum Gasteiger partial charge on any atom is -0.395 e. The lowest BCUT2D eigenvalue weighted by Crippen LogP contribution is -2.33. The van der Waals surface area contributed by atoms with Crippen LogP contribution in [0.15, 0.2) is 24.3 Å². The highest BCUT2D eigenvalue weighted by Crippen LogP contribution is 2.25. The third-order valence-electron chi connectivity index (χ3n) is 3.30. The molecule has 0 heterocycles. The van der Waals surface area contributed by atoms with Gasteiger partial charge in [-0.1, -0.05) is 36.7 Å².